The summed E-state index contributed by atoms with van der Waals surface area (Å²) >= 11 is 5.55. The number of nitrogens with two attached hydrogens (primary N) is 2. The molecule has 0 radical (unpaired) electrons. The summed E-state index contributed by atoms with van der Waals surface area (Å²) in [4.78, 5) is 11.1. The fourth-order valence-corrected chi connectivity index (χ4v) is 1.09. The van der Waals surface area contributed by atoms with Crippen LogP contribution < -0.4 is 11.5 Å². The molecule has 1 atom stereocenters. The largest absolute Gasteiger partial charge is 0.468 e. The molecule has 0 spiro atoms. The van der Waals surface area contributed by atoms with Gasteiger partial charge in [0.15, 0.2) is 0 Å². The van der Waals surface area contributed by atoms with Crippen molar-refractivity contribution in [1.29, 1.82) is 0 Å². The number of methoxy groups -OCH3 is 1. The Balaban J connectivity index is 4.13. The van der Waals surface area contributed by atoms with Gasteiger partial charge in [-0.1, -0.05) is 0 Å². The monoisotopic (exact) mass is 194 g/mol. The molecule has 0 bridgehead atoms. The van der Waals surface area contributed by atoms with Crippen molar-refractivity contribution >= 4 is 17.6 Å². The summed E-state index contributed by atoms with van der Waals surface area (Å²) in [5.41, 5.74) is 9.88. The van der Waals surface area contributed by atoms with Crippen molar-refractivity contribution in [3.63, 3.8) is 0 Å². The molecular formula is C7H15ClN2O2. The Morgan fingerprint density at radius 2 is 2.25 bits per heavy atom. The van der Waals surface area contributed by atoms with Crippen LogP contribution in [0.25, 0.3) is 0 Å². The Hall–Kier alpha value is -0.320. The molecule has 0 aliphatic rings. The SMILES string of the molecule is COC(=O)C(N)(CCl)CCCN. The Morgan fingerprint density at radius 3 is 2.58 bits per heavy atom. The molecule has 0 saturated heterocycles. The van der Waals surface area contributed by atoms with Crippen molar-refractivity contribution in [1.82, 2.24) is 0 Å². The summed E-state index contributed by atoms with van der Waals surface area (Å²) < 4.78 is 4.51. The van der Waals surface area contributed by atoms with Crippen molar-refractivity contribution in [2.45, 2.75) is 18.4 Å². The molecular weight excluding hydrogens is 180 g/mol. The number of ether oxygens (including phenoxy) is 1. The van der Waals surface area contributed by atoms with Crippen LogP contribution in [0.2, 0.25) is 0 Å². The summed E-state index contributed by atoms with van der Waals surface area (Å²) in [5, 5.41) is 0. The number of carbonyl (C=O) groups excluding carboxylic acids is 1. The van der Waals surface area contributed by atoms with E-state index in [-0.39, 0.29) is 5.88 Å². The standard InChI is InChI=1S/C7H15ClN2O2/c1-12-6(11)7(10,5-8)3-2-4-9/h2-5,9-10H2,1H3. The highest BCUT2D eigenvalue weighted by atomic mass is 35.5. The Kier molecular flexibility index (Phi) is 5.20. The third kappa shape index (κ3) is 2.97. The third-order valence-corrected chi connectivity index (χ3v) is 2.13. The maximum atomic E-state index is 11.1. The lowest BCUT2D eigenvalue weighted by atomic mass is 9.97. The minimum atomic E-state index is -1.07. The van der Waals surface area contributed by atoms with E-state index < -0.39 is 11.5 Å². The van der Waals surface area contributed by atoms with E-state index in [0.29, 0.717) is 19.4 Å². The van der Waals surface area contributed by atoms with E-state index >= 15 is 0 Å². The first-order valence-electron chi connectivity index (χ1n) is 3.74. The fourth-order valence-electron chi connectivity index (χ4n) is 0.844. The van der Waals surface area contributed by atoms with Gasteiger partial charge in [0.05, 0.1) is 13.0 Å². The van der Waals surface area contributed by atoms with Crippen molar-refractivity contribution < 1.29 is 9.53 Å². The number of hydrogen-bond acceptors (Lipinski definition) is 4. The van der Waals surface area contributed by atoms with E-state index in [1.165, 1.54) is 7.11 Å². The molecule has 0 fully saturated rings. The van der Waals surface area contributed by atoms with Gasteiger partial charge < -0.3 is 16.2 Å². The molecule has 0 rings (SSSR count). The van der Waals surface area contributed by atoms with E-state index in [1.54, 1.807) is 0 Å². The van der Waals surface area contributed by atoms with Gasteiger partial charge in [-0.3, -0.25) is 4.79 Å². The summed E-state index contributed by atoms with van der Waals surface area (Å²) in [7, 11) is 1.29. The first-order valence-corrected chi connectivity index (χ1v) is 4.27. The number of esters is 1. The molecule has 1 unspecified atom stereocenters. The molecule has 0 heterocycles. The second kappa shape index (κ2) is 5.35. The molecule has 0 aromatic carbocycles. The quantitative estimate of drug-likeness (QED) is 0.471. The number of rotatable bonds is 5. The normalized spacial score (nSPS) is 15.3. The van der Waals surface area contributed by atoms with E-state index in [2.05, 4.69) is 4.74 Å². The molecule has 12 heavy (non-hydrogen) atoms. The summed E-state index contributed by atoms with van der Waals surface area (Å²) in [5.74, 6) is -0.425. The average Bonchev–Trinajstić information content (AvgIpc) is 2.12. The van der Waals surface area contributed by atoms with E-state index in [1.807, 2.05) is 0 Å². The molecule has 5 heteroatoms. The number of hydrogen-bond donors (Lipinski definition) is 2. The number of alkyl halides is 1. The molecule has 0 aromatic rings. The molecule has 4 N–H and O–H groups in total. The Morgan fingerprint density at radius 1 is 1.67 bits per heavy atom. The first kappa shape index (κ1) is 11.7. The van der Waals surface area contributed by atoms with E-state index in [0.717, 1.165) is 0 Å². The molecule has 4 nitrogen and oxygen atoms in total. The summed E-state index contributed by atoms with van der Waals surface area (Å²) in [6.07, 6.45) is 1.12. The lowest BCUT2D eigenvalue weighted by molar-refractivity contribution is -0.146. The number of carbonyl (C=O) groups is 1. The molecule has 0 saturated carbocycles. The van der Waals surface area contributed by atoms with Gasteiger partial charge in [-0.2, -0.15) is 0 Å². The van der Waals surface area contributed by atoms with Gasteiger partial charge in [0.25, 0.3) is 0 Å². The Bertz CT molecular complexity index is 154. The van der Waals surface area contributed by atoms with Gasteiger partial charge in [0.1, 0.15) is 5.54 Å². The highest BCUT2D eigenvalue weighted by Crippen LogP contribution is 2.13. The predicted molar refractivity (Wildman–Crippen MR) is 47.9 cm³/mol. The molecule has 0 aliphatic carbocycles. The van der Waals surface area contributed by atoms with Crippen LogP contribution in [-0.2, 0) is 9.53 Å². The zero-order valence-electron chi connectivity index (χ0n) is 7.18. The van der Waals surface area contributed by atoms with Gasteiger partial charge in [-0.15, -0.1) is 11.6 Å². The highest BCUT2D eigenvalue weighted by molar-refractivity contribution is 6.20. The van der Waals surface area contributed by atoms with Crippen LogP contribution in [0.3, 0.4) is 0 Å². The zero-order chi connectivity index (χ0) is 9.61. The first-order chi connectivity index (χ1) is 5.60. The highest BCUT2D eigenvalue weighted by Gasteiger charge is 2.33. The van der Waals surface area contributed by atoms with Crippen LogP contribution in [-0.4, -0.2) is 31.0 Å². The smallest absolute Gasteiger partial charge is 0.327 e. The number of halogens is 1. The maximum Gasteiger partial charge on any atom is 0.327 e. The fraction of sp³-hybridized carbons (Fsp3) is 0.857. The van der Waals surface area contributed by atoms with Gasteiger partial charge in [-0.05, 0) is 19.4 Å². The average molecular weight is 195 g/mol. The zero-order valence-corrected chi connectivity index (χ0v) is 7.93. The second-order valence-corrected chi connectivity index (χ2v) is 2.94. The van der Waals surface area contributed by atoms with Crippen LogP contribution >= 0.6 is 11.6 Å². The van der Waals surface area contributed by atoms with Gasteiger partial charge in [0.2, 0.25) is 0 Å². The summed E-state index contributed by atoms with van der Waals surface area (Å²) in [6, 6.07) is 0. The van der Waals surface area contributed by atoms with Crippen LogP contribution in [0.5, 0.6) is 0 Å². The van der Waals surface area contributed by atoms with Crippen LogP contribution in [0, 0.1) is 0 Å². The van der Waals surface area contributed by atoms with Crippen molar-refractivity contribution in [2.75, 3.05) is 19.5 Å². The topological polar surface area (TPSA) is 78.3 Å². The molecule has 0 aromatic heterocycles. The molecule has 0 aliphatic heterocycles. The molecule has 72 valence electrons. The van der Waals surface area contributed by atoms with Crippen molar-refractivity contribution in [2.24, 2.45) is 11.5 Å². The van der Waals surface area contributed by atoms with Crippen LogP contribution in [0.4, 0.5) is 0 Å². The minimum Gasteiger partial charge on any atom is -0.468 e. The lowest BCUT2D eigenvalue weighted by Gasteiger charge is -2.23. The second-order valence-electron chi connectivity index (χ2n) is 2.67. The lowest BCUT2D eigenvalue weighted by Crippen LogP contribution is -2.50. The van der Waals surface area contributed by atoms with Crippen LogP contribution in [0.15, 0.2) is 0 Å². The maximum absolute atomic E-state index is 11.1. The third-order valence-electron chi connectivity index (χ3n) is 1.66. The van der Waals surface area contributed by atoms with Gasteiger partial charge in [0, 0.05) is 0 Å². The summed E-state index contributed by atoms with van der Waals surface area (Å²) in [6.45, 7) is 0.493. The minimum absolute atomic E-state index is 0.0552. The Labute approximate surface area is 77.2 Å². The molecule has 0 amide bonds. The predicted octanol–water partition coefficient (Wildman–Crippen LogP) is -0.165. The van der Waals surface area contributed by atoms with Crippen LogP contribution in [0.1, 0.15) is 12.8 Å². The van der Waals surface area contributed by atoms with Gasteiger partial charge in [-0.25, -0.2) is 0 Å². The van der Waals surface area contributed by atoms with E-state index in [9.17, 15) is 4.79 Å². The van der Waals surface area contributed by atoms with Crippen molar-refractivity contribution in [3.8, 4) is 0 Å². The van der Waals surface area contributed by atoms with Gasteiger partial charge >= 0.3 is 5.97 Å². The van der Waals surface area contributed by atoms with Crippen molar-refractivity contribution in [3.05, 3.63) is 0 Å². The van der Waals surface area contributed by atoms with E-state index in [4.69, 9.17) is 23.1 Å².